The molecule has 0 saturated carbocycles. The number of para-hydroxylation sites is 1. The second kappa shape index (κ2) is 9.49. The minimum absolute atomic E-state index is 0.141. The first-order valence-corrected chi connectivity index (χ1v) is 11.5. The monoisotopic (exact) mass is 489 g/mol. The summed E-state index contributed by atoms with van der Waals surface area (Å²) >= 11 is 0. The number of halogens is 1. The van der Waals surface area contributed by atoms with E-state index in [1.54, 1.807) is 36.4 Å². The van der Waals surface area contributed by atoms with Gasteiger partial charge in [-0.05, 0) is 47.4 Å². The Bertz CT molecular complexity index is 1370. The number of hydrogen-bond acceptors (Lipinski definition) is 5. The molecule has 1 heterocycles. The number of rotatable bonds is 5. The zero-order valence-electron chi connectivity index (χ0n) is 20.8. The van der Waals surface area contributed by atoms with Crippen molar-refractivity contribution in [3.05, 3.63) is 94.8 Å². The predicted octanol–water partition coefficient (Wildman–Crippen LogP) is 5.77. The van der Waals surface area contributed by atoms with Crippen LogP contribution in [0.15, 0.2) is 72.3 Å². The Morgan fingerprint density at radius 1 is 0.917 bits per heavy atom. The molecule has 1 amide bonds. The zero-order valence-corrected chi connectivity index (χ0v) is 20.8. The number of carbonyl (C=O) groups excluding carboxylic acids is 2. The standard InChI is InChI=1S/C29H28FNO5/c1-29(2,3)17-13-14-23(36-5)21(15-17)26(32)24-25(20-11-6-7-12-22(20)35-4)31(28(34)27(24)33)19-10-8-9-18(30)16-19/h6-16,25,32H,1-5H3/b26-24+. The summed E-state index contributed by atoms with van der Waals surface area (Å²) in [7, 11) is 2.94. The number of aliphatic hydroxyl groups excluding tert-OH is 1. The van der Waals surface area contributed by atoms with Gasteiger partial charge in [-0.15, -0.1) is 0 Å². The maximum atomic E-state index is 14.2. The first-order chi connectivity index (χ1) is 17.1. The number of anilines is 1. The van der Waals surface area contributed by atoms with Gasteiger partial charge in [-0.3, -0.25) is 14.5 Å². The van der Waals surface area contributed by atoms with Crippen LogP contribution in [-0.4, -0.2) is 31.0 Å². The van der Waals surface area contributed by atoms with E-state index in [9.17, 15) is 19.1 Å². The van der Waals surface area contributed by atoms with Crippen molar-refractivity contribution in [2.24, 2.45) is 0 Å². The molecule has 36 heavy (non-hydrogen) atoms. The largest absolute Gasteiger partial charge is 0.507 e. The molecule has 1 aliphatic heterocycles. The van der Waals surface area contributed by atoms with E-state index in [0.29, 0.717) is 17.1 Å². The summed E-state index contributed by atoms with van der Waals surface area (Å²) in [6.07, 6.45) is 0. The second-order valence-electron chi connectivity index (χ2n) is 9.56. The number of ether oxygens (including phenoxy) is 2. The molecule has 1 aliphatic rings. The van der Waals surface area contributed by atoms with Crippen LogP contribution in [-0.2, 0) is 15.0 Å². The lowest BCUT2D eigenvalue weighted by molar-refractivity contribution is -0.132. The molecule has 0 spiro atoms. The fourth-order valence-electron chi connectivity index (χ4n) is 4.42. The number of nitrogens with zero attached hydrogens (tertiary/aromatic N) is 1. The SMILES string of the molecule is COc1ccc(C(C)(C)C)cc1/C(O)=C1\C(=O)C(=O)N(c2cccc(F)c2)C1c1ccccc1OC. The molecule has 0 aromatic heterocycles. The van der Waals surface area contributed by atoms with Crippen molar-refractivity contribution in [2.75, 3.05) is 19.1 Å². The topological polar surface area (TPSA) is 76.1 Å². The first-order valence-electron chi connectivity index (χ1n) is 11.5. The van der Waals surface area contributed by atoms with Crippen LogP contribution < -0.4 is 14.4 Å². The van der Waals surface area contributed by atoms with E-state index in [4.69, 9.17) is 9.47 Å². The molecule has 7 heteroatoms. The van der Waals surface area contributed by atoms with Gasteiger partial charge in [0.1, 0.15) is 23.1 Å². The molecule has 186 valence electrons. The lowest BCUT2D eigenvalue weighted by Crippen LogP contribution is -2.29. The molecule has 0 aliphatic carbocycles. The van der Waals surface area contributed by atoms with Crippen molar-refractivity contribution in [1.29, 1.82) is 0 Å². The summed E-state index contributed by atoms with van der Waals surface area (Å²) in [4.78, 5) is 28.0. The van der Waals surface area contributed by atoms with E-state index in [-0.39, 0.29) is 28.0 Å². The fraction of sp³-hybridized carbons (Fsp3) is 0.241. The highest BCUT2D eigenvalue weighted by molar-refractivity contribution is 6.51. The van der Waals surface area contributed by atoms with Gasteiger partial charge in [-0.25, -0.2) is 4.39 Å². The average Bonchev–Trinajstić information content (AvgIpc) is 3.12. The molecule has 3 aromatic carbocycles. The maximum absolute atomic E-state index is 14.2. The van der Waals surface area contributed by atoms with Gasteiger partial charge in [-0.1, -0.05) is 51.1 Å². The number of aliphatic hydroxyl groups is 1. The van der Waals surface area contributed by atoms with Crippen LogP contribution in [0.5, 0.6) is 11.5 Å². The molecular weight excluding hydrogens is 461 g/mol. The predicted molar refractivity (Wildman–Crippen MR) is 136 cm³/mol. The van der Waals surface area contributed by atoms with Gasteiger partial charge in [-0.2, -0.15) is 0 Å². The van der Waals surface area contributed by atoms with Crippen molar-refractivity contribution in [3.8, 4) is 11.5 Å². The smallest absolute Gasteiger partial charge is 0.300 e. The maximum Gasteiger partial charge on any atom is 0.300 e. The van der Waals surface area contributed by atoms with Gasteiger partial charge in [0.2, 0.25) is 0 Å². The molecule has 1 atom stereocenters. The number of benzene rings is 3. The number of carbonyl (C=O) groups is 2. The van der Waals surface area contributed by atoms with Crippen molar-refractivity contribution >= 4 is 23.1 Å². The van der Waals surface area contributed by atoms with E-state index in [1.165, 1.54) is 43.4 Å². The molecule has 0 radical (unpaired) electrons. The molecule has 1 N–H and O–H groups in total. The molecule has 1 saturated heterocycles. The van der Waals surface area contributed by atoms with E-state index in [1.807, 2.05) is 26.8 Å². The first kappa shape index (κ1) is 25.0. The zero-order chi connectivity index (χ0) is 26.2. The van der Waals surface area contributed by atoms with Gasteiger partial charge >= 0.3 is 0 Å². The minimum Gasteiger partial charge on any atom is -0.507 e. The normalized spacial score (nSPS) is 17.4. The Labute approximate surface area is 209 Å². The van der Waals surface area contributed by atoms with Gasteiger partial charge < -0.3 is 14.6 Å². The summed E-state index contributed by atoms with van der Waals surface area (Å²) in [5.74, 6) is -1.97. The lowest BCUT2D eigenvalue weighted by atomic mass is 9.85. The van der Waals surface area contributed by atoms with Crippen LogP contribution in [0.2, 0.25) is 0 Å². The third kappa shape index (κ3) is 4.33. The molecule has 1 fully saturated rings. The Morgan fingerprint density at radius 2 is 1.61 bits per heavy atom. The Hall–Kier alpha value is -4.13. The van der Waals surface area contributed by atoms with Crippen molar-refractivity contribution in [1.82, 2.24) is 0 Å². The Morgan fingerprint density at radius 3 is 2.25 bits per heavy atom. The summed E-state index contributed by atoms with van der Waals surface area (Å²) in [6, 6.07) is 16.6. The summed E-state index contributed by atoms with van der Waals surface area (Å²) in [5, 5.41) is 11.6. The molecule has 0 bridgehead atoms. The summed E-state index contributed by atoms with van der Waals surface area (Å²) < 4.78 is 25.2. The second-order valence-corrected chi connectivity index (χ2v) is 9.56. The van der Waals surface area contributed by atoms with Gasteiger partial charge in [0.15, 0.2) is 0 Å². The van der Waals surface area contributed by atoms with Gasteiger partial charge in [0, 0.05) is 11.3 Å². The quantitative estimate of drug-likeness (QED) is 0.280. The highest BCUT2D eigenvalue weighted by atomic mass is 19.1. The van der Waals surface area contributed by atoms with E-state index in [2.05, 4.69) is 0 Å². The van der Waals surface area contributed by atoms with Crippen molar-refractivity contribution in [3.63, 3.8) is 0 Å². The average molecular weight is 490 g/mol. The summed E-state index contributed by atoms with van der Waals surface area (Å²) in [5.41, 5.74) is 1.44. The number of methoxy groups -OCH3 is 2. The number of hydrogen-bond donors (Lipinski definition) is 1. The highest BCUT2D eigenvalue weighted by Gasteiger charge is 2.48. The molecule has 4 rings (SSSR count). The fourth-order valence-corrected chi connectivity index (χ4v) is 4.42. The third-order valence-electron chi connectivity index (χ3n) is 6.28. The molecular formula is C29H28FNO5. The highest BCUT2D eigenvalue weighted by Crippen LogP contribution is 2.46. The number of ketones is 1. The molecule has 6 nitrogen and oxygen atoms in total. The van der Waals surface area contributed by atoms with Crippen LogP contribution in [0.3, 0.4) is 0 Å². The number of Topliss-reactive ketones (excluding diaryl/α,β-unsaturated/α-hetero) is 1. The van der Waals surface area contributed by atoms with E-state index >= 15 is 0 Å². The summed E-state index contributed by atoms with van der Waals surface area (Å²) in [6.45, 7) is 6.07. The Balaban J connectivity index is 2.04. The Kier molecular flexibility index (Phi) is 6.59. The van der Waals surface area contributed by atoms with Crippen LogP contribution >= 0.6 is 0 Å². The van der Waals surface area contributed by atoms with Crippen LogP contribution in [0.4, 0.5) is 10.1 Å². The van der Waals surface area contributed by atoms with Crippen molar-refractivity contribution < 1.29 is 28.6 Å². The van der Waals surface area contributed by atoms with Gasteiger partial charge in [0.25, 0.3) is 11.7 Å². The minimum atomic E-state index is -1.06. The van der Waals surface area contributed by atoms with E-state index < -0.39 is 23.5 Å². The molecule has 3 aromatic rings. The van der Waals surface area contributed by atoms with E-state index in [0.717, 1.165) is 5.56 Å². The number of amides is 1. The third-order valence-corrected chi connectivity index (χ3v) is 6.28. The van der Waals surface area contributed by atoms with Crippen molar-refractivity contribution in [2.45, 2.75) is 32.2 Å². The van der Waals surface area contributed by atoms with Crippen LogP contribution in [0, 0.1) is 5.82 Å². The van der Waals surface area contributed by atoms with Crippen LogP contribution in [0.25, 0.3) is 5.76 Å². The lowest BCUT2D eigenvalue weighted by Gasteiger charge is -2.27. The van der Waals surface area contributed by atoms with Crippen LogP contribution in [0.1, 0.15) is 43.5 Å². The van der Waals surface area contributed by atoms with Gasteiger partial charge in [0.05, 0.1) is 31.4 Å². The molecule has 1 unspecified atom stereocenters.